The molecule has 31 heavy (non-hydrogen) atoms. The second-order valence-electron chi connectivity index (χ2n) is 7.32. The number of nitriles is 1. The third kappa shape index (κ3) is 4.46. The lowest BCUT2D eigenvalue weighted by Gasteiger charge is -2.18. The van der Waals surface area contributed by atoms with Crippen molar-refractivity contribution in [2.45, 2.75) is 25.9 Å². The summed E-state index contributed by atoms with van der Waals surface area (Å²) in [6.07, 6.45) is 0.254. The first kappa shape index (κ1) is 20.3. The lowest BCUT2D eigenvalue weighted by atomic mass is 10.0. The van der Waals surface area contributed by atoms with E-state index in [0.717, 1.165) is 34.6 Å². The lowest BCUT2D eigenvalue weighted by molar-refractivity contribution is -0.145. The van der Waals surface area contributed by atoms with Crippen LogP contribution < -0.4 is 14.2 Å². The summed E-state index contributed by atoms with van der Waals surface area (Å²) >= 11 is 0. The maximum absolute atomic E-state index is 11.9. The van der Waals surface area contributed by atoms with Crippen LogP contribution in [0.25, 0.3) is 0 Å². The fourth-order valence-corrected chi connectivity index (χ4v) is 3.55. The van der Waals surface area contributed by atoms with Crippen LogP contribution in [-0.4, -0.2) is 17.9 Å². The molecule has 0 aliphatic carbocycles. The number of rotatable bonds is 7. The number of hydrogen-bond acceptors (Lipinski definition) is 5. The van der Waals surface area contributed by atoms with Crippen molar-refractivity contribution < 1.29 is 24.1 Å². The van der Waals surface area contributed by atoms with E-state index in [1.807, 2.05) is 43.3 Å². The van der Waals surface area contributed by atoms with E-state index in [9.17, 15) is 15.2 Å². The summed E-state index contributed by atoms with van der Waals surface area (Å²) in [5, 5.41) is 19.2. The quantitative estimate of drug-likeness (QED) is 0.607. The Balaban J connectivity index is 1.55. The summed E-state index contributed by atoms with van der Waals surface area (Å²) in [5.74, 6) is 0.642. The molecule has 1 aliphatic heterocycles. The van der Waals surface area contributed by atoms with Crippen molar-refractivity contribution in [3.8, 4) is 23.3 Å². The largest absolute Gasteiger partial charge is 0.478 e. The first-order chi connectivity index (χ1) is 15.0. The standard InChI is InChI=1S/C25H21NO5/c1-16-4-2-3-5-20(16)24(25(27)28)31-22-12-17(8-10-19(22)14-26)6-7-18-9-11-21-23(13-18)30-15-29-21/h2-5,8-13,24H,6-7,15H2,1H3,(H,27,28)/t24-/m0/s1. The molecule has 1 heterocycles. The summed E-state index contributed by atoms with van der Waals surface area (Å²) < 4.78 is 16.6. The van der Waals surface area contributed by atoms with Gasteiger partial charge in [-0.3, -0.25) is 0 Å². The molecule has 1 N–H and O–H groups in total. The van der Waals surface area contributed by atoms with E-state index in [1.165, 1.54) is 0 Å². The Morgan fingerprint density at radius 3 is 2.52 bits per heavy atom. The van der Waals surface area contributed by atoms with Gasteiger partial charge in [-0.25, -0.2) is 4.79 Å². The zero-order chi connectivity index (χ0) is 21.8. The van der Waals surface area contributed by atoms with Crippen LogP contribution in [0.2, 0.25) is 0 Å². The minimum Gasteiger partial charge on any atom is -0.478 e. The van der Waals surface area contributed by atoms with E-state index in [2.05, 4.69) is 6.07 Å². The van der Waals surface area contributed by atoms with Crippen LogP contribution in [-0.2, 0) is 17.6 Å². The van der Waals surface area contributed by atoms with Gasteiger partial charge in [-0.2, -0.15) is 5.26 Å². The summed E-state index contributed by atoms with van der Waals surface area (Å²) in [6.45, 7) is 2.07. The average molecular weight is 415 g/mol. The molecule has 0 aromatic heterocycles. The number of benzene rings is 3. The third-order valence-corrected chi connectivity index (χ3v) is 5.25. The number of aliphatic carboxylic acids is 1. The van der Waals surface area contributed by atoms with Crippen molar-refractivity contribution in [2.24, 2.45) is 0 Å². The smallest absolute Gasteiger partial charge is 0.349 e. The Labute approximate surface area is 180 Å². The molecule has 3 aromatic rings. The zero-order valence-electron chi connectivity index (χ0n) is 17.0. The van der Waals surface area contributed by atoms with E-state index >= 15 is 0 Å². The van der Waals surface area contributed by atoms with Crippen molar-refractivity contribution in [1.82, 2.24) is 0 Å². The minimum atomic E-state index is -1.20. The number of hydrogen-bond donors (Lipinski definition) is 1. The van der Waals surface area contributed by atoms with Crippen molar-refractivity contribution in [3.63, 3.8) is 0 Å². The number of fused-ring (bicyclic) bond motifs is 1. The Morgan fingerprint density at radius 2 is 1.77 bits per heavy atom. The summed E-state index contributed by atoms with van der Waals surface area (Å²) in [4.78, 5) is 11.9. The maximum atomic E-state index is 11.9. The molecule has 0 unspecified atom stereocenters. The molecular formula is C25H21NO5. The fourth-order valence-electron chi connectivity index (χ4n) is 3.55. The number of nitrogens with zero attached hydrogens (tertiary/aromatic N) is 1. The zero-order valence-corrected chi connectivity index (χ0v) is 17.0. The Kier molecular flexibility index (Phi) is 5.76. The molecule has 4 rings (SSSR count). The average Bonchev–Trinajstić information content (AvgIpc) is 3.24. The molecule has 0 amide bonds. The van der Waals surface area contributed by atoms with Gasteiger partial charge in [0.1, 0.15) is 11.8 Å². The second-order valence-corrected chi connectivity index (χ2v) is 7.32. The molecule has 0 saturated carbocycles. The van der Waals surface area contributed by atoms with Crippen LogP contribution in [0.1, 0.15) is 33.9 Å². The number of carboxylic acids is 1. The predicted molar refractivity (Wildman–Crippen MR) is 113 cm³/mol. The number of carboxylic acid groups (broad SMARTS) is 1. The molecule has 156 valence electrons. The fraction of sp³-hybridized carbons (Fsp3) is 0.200. The van der Waals surface area contributed by atoms with Gasteiger partial charge in [-0.1, -0.05) is 36.4 Å². The number of aryl methyl sites for hydroxylation is 3. The lowest BCUT2D eigenvalue weighted by Crippen LogP contribution is -2.19. The van der Waals surface area contributed by atoms with Crippen molar-refractivity contribution in [1.29, 1.82) is 5.26 Å². The predicted octanol–water partition coefficient (Wildman–Crippen LogP) is 4.59. The first-order valence-electron chi connectivity index (χ1n) is 9.91. The Bertz CT molecular complexity index is 1160. The van der Waals surface area contributed by atoms with Gasteiger partial charge < -0.3 is 19.3 Å². The third-order valence-electron chi connectivity index (χ3n) is 5.25. The van der Waals surface area contributed by atoms with Gasteiger partial charge in [0.25, 0.3) is 0 Å². The molecule has 0 radical (unpaired) electrons. The Hall–Kier alpha value is -3.98. The Morgan fingerprint density at radius 1 is 1.06 bits per heavy atom. The second kappa shape index (κ2) is 8.80. The highest BCUT2D eigenvalue weighted by molar-refractivity contribution is 5.75. The molecule has 1 atom stereocenters. The SMILES string of the molecule is Cc1ccccc1[C@H](Oc1cc(CCc2ccc3c(c2)OCO3)ccc1C#N)C(=O)O. The minimum absolute atomic E-state index is 0.237. The van der Waals surface area contributed by atoms with Crippen molar-refractivity contribution in [2.75, 3.05) is 6.79 Å². The highest BCUT2D eigenvalue weighted by Crippen LogP contribution is 2.33. The van der Waals surface area contributed by atoms with Gasteiger partial charge in [0.15, 0.2) is 11.5 Å². The van der Waals surface area contributed by atoms with E-state index < -0.39 is 12.1 Å². The molecular weight excluding hydrogens is 394 g/mol. The topological polar surface area (TPSA) is 88.8 Å². The van der Waals surface area contributed by atoms with Gasteiger partial charge in [-0.05, 0) is 60.7 Å². The molecule has 1 aliphatic rings. The highest BCUT2D eigenvalue weighted by Gasteiger charge is 2.25. The van der Waals surface area contributed by atoms with Gasteiger partial charge in [0, 0.05) is 5.56 Å². The van der Waals surface area contributed by atoms with Crippen LogP contribution in [0.4, 0.5) is 0 Å². The molecule has 3 aromatic carbocycles. The number of ether oxygens (including phenoxy) is 3. The molecule has 6 heteroatoms. The highest BCUT2D eigenvalue weighted by atomic mass is 16.7. The van der Waals surface area contributed by atoms with Crippen LogP contribution >= 0.6 is 0 Å². The van der Waals surface area contributed by atoms with E-state index in [4.69, 9.17) is 14.2 Å². The summed E-state index contributed by atoms with van der Waals surface area (Å²) in [5.41, 5.74) is 3.71. The molecule has 0 saturated heterocycles. The van der Waals surface area contributed by atoms with E-state index in [0.29, 0.717) is 17.5 Å². The number of carbonyl (C=O) groups is 1. The van der Waals surface area contributed by atoms with Gasteiger partial charge in [0.2, 0.25) is 12.9 Å². The molecule has 0 fully saturated rings. The first-order valence-corrected chi connectivity index (χ1v) is 9.91. The van der Waals surface area contributed by atoms with Crippen LogP contribution in [0.5, 0.6) is 17.2 Å². The molecule has 0 bridgehead atoms. The van der Waals surface area contributed by atoms with Gasteiger partial charge in [0.05, 0.1) is 5.56 Å². The van der Waals surface area contributed by atoms with Crippen LogP contribution in [0, 0.1) is 18.3 Å². The van der Waals surface area contributed by atoms with Crippen molar-refractivity contribution in [3.05, 3.63) is 88.5 Å². The van der Waals surface area contributed by atoms with Crippen molar-refractivity contribution >= 4 is 5.97 Å². The van der Waals surface area contributed by atoms with Gasteiger partial charge in [-0.15, -0.1) is 0 Å². The van der Waals surface area contributed by atoms with E-state index in [1.54, 1.807) is 24.3 Å². The normalized spacial score (nSPS) is 12.8. The van der Waals surface area contributed by atoms with Crippen LogP contribution in [0.3, 0.4) is 0 Å². The maximum Gasteiger partial charge on any atom is 0.349 e. The van der Waals surface area contributed by atoms with Crippen LogP contribution in [0.15, 0.2) is 60.7 Å². The molecule has 0 spiro atoms. The summed E-state index contributed by atoms with van der Waals surface area (Å²) in [7, 11) is 0. The summed E-state index contributed by atoms with van der Waals surface area (Å²) in [6, 6.07) is 20.4. The monoisotopic (exact) mass is 415 g/mol. The van der Waals surface area contributed by atoms with Gasteiger partial charge >= 0.3 is 5.97 Å². The van der Waals surface area contributed by atoms with E-state index in [-0.39, 0.29) is 12.5 Å². The molecule has 6 nitrogen and oxygen atoms in total.